The summed E-state index contributed by atoms with van der Waals surface area (Å²) in [6, 6.07) is 0. The number of aliphatic carboxylic acids is 1. The van der Waals surface area contributed by atoms with Crippen LogP contribution in [0.4, 0.5) is 0 Å². The van der Waals surface area contributed by atoms with Crippen LogP contribution in [0.2, 0.25) is 0 Å². The molecule has 2 aliphatic rings. The van der Waals surface area contributed by atoms with Gasteiger partial charge in [-0.15, -0.1) is 0 Å². The second kappa shape index (κ2) is 4.72. The van der Waals surface area contributed by atoms with Crippen LogP contribution in [0.1, 0.15) is 39.0 Å². The minimum atomic E-state index is -1.63. The maximum Gasteiger partial charge on any atom is 0.336 e. The lowest BCUT2D eigenvalue weighted by molar-refractivity contribution is -0.151. The number of carboxylic acid groups (broad SMARTS) is 1. The number of amides is 1. The summed E-state index contributed by atoms with van der Waals surface area (Å²) in [4.78, 5) is 22.9. The van der Waals surface area contributed by atoms with Crippen LogP contribution in [0.5, 0.6) is 0 Å². The summed E-state index contributed by atoms with van der Waals surface area (Å²) in [5.74, 6) is -1.68. The normalized spacial score (nSPS) is 30.8. The number of aliphatic hydroxyl groups is 1. The van der Waals surface area contributed by atoms with Crippen LogP contribution in [0, 0.1) is 5.92 Å². The number of nitrogens with one attached hydrogen (secondary N) is 1. The number of carbonyl (C=O) groups is 2. The smallest absolute Gasteiger partial charge is 0.336 e. The molecule has 0 aromatic carbocycles. The lowest BCUT2D eigenvalue weighted by atomic mass is 9.74. The van der Waals surface area contributed by atoms with Gasteiger partial charge in [0, 0.05) is 6.08 Å². The van der Waals surface area contributed by atoms with Gasteiger partial charge in [-0.2, -0.15) is 0 Å². The maximum absolute atomic E-state index is 11.5. The Balaban J connectivity index is 2.28. The Bertz CT molecular complexity index is 398. The Hall–Kier alpha value is -1.36. The van der Waals surface area contributed by atoms with Crippen molar-refractivity contribution in [2.45, 2.75) is 50.7 Å². The van der Waals surface area contributed by atoms with Crippen molar-refractivity contribution in [3.05, 3.63) is 11.6 Å². The van der Waals surface area contributed by atoms with Gasteiger partial charge in [0.15, 0.2) is 5.54 Å². The van der Waals surface area contributed by atoms with Gasteiger partial charge in [-0.25, -0.2) is 4.79 Å². The molecule has 0 aromatic rings. The summed E-state index contributed by atoms with van der Waals surface area (Å²) in [5.41, 5.74) is -1.24. The van der Waals surface area contributed by atoms with E-state index in [9.17, 15) is 19.8 Å². The molecule has 1 heterocycles. The second-order valence-corrected chi connectivity index (χ2v) is 5.27. The number of hydrogen-bond donors (Lipinski definition) is 3. The first-order chi connectivity index (χ1) is 8.48. The highest BCUT2D eigenvalue weighted by Crippen LogP contribution is 2.36. The Kier molecular flexibility index (Phi) is 3.43. The molecule has 5 nitrogen and oxygen atoms in total. The van der Waals surface area contributed by atoms with E-state index in [4.69, 9.17) is 0 Å². The molecule has 1 aliphatic heterocycles. The standard InChI is InChI=1S/C13H19NO4/c1-8-7-10(15)14-13(8,12(17)18)11(16)9-5-3-2-4-6-9/h7,9,11,16H,2-6H2,1H3,(H,14,15)(H,17,18)/t11-,13-/m0/s1. The van der Waals surface area contributed by atoms with Gasteiger partial charge in [0.25, 0.3) is 0 Å². The second-order valence-electron chi connectivity index (χ2n) is 5.27. The molecule has 5 heteroatoms. The molecule has 0 spiro atoms. The summed E-state index contributed by atoms with van der Waals surface area (Å²) < 4.78 is 0. The lowest BCUT2D eigenvalue weighted by Crippen LogP contribution is -2.61. The highest BCUT2D eigenvalue weighted by Gasteiger charge is 2.53. The molecule has 1 fully saturated rings. The molecular weight excluding hydrogens is 234 g/mol. The summed E-state index contributed by atoms with van der Waals surface area (Å²) in [6.45, 7) is 1.58. The molecule has 1 aliphatic carbocycles. The number of carbonyl (C=O) groups excluding carboxylic acids is 1. The van der Waals surface area contributed by atoms with Crippen molar-refractivity contribution >= 4 is 11.9 Å². The van der Waals surface area contributed by atoms with Gasteiger partial charge >= 0.3 is 5.97 Å². The fourth-order valence-corrected chi connectivity index (χ4v) is 3.10. The van der Waals surface area contributed by atoms with E-state index in [1.165, 1.54) is 6.08 Å². The van der Waals surface area contributed by atoms with Crippen molar-refractivity contribution < 1.29 is 19.8 Å². The van der Waals surface area contributed by atoms with Gasteiger partial charge in [0.1, 0.15) is 0 Å². The molecule has 0 saturated heterocycles. The first kappa shape index (κ1) is 13.1. The molecule has 1 saturated carbocycles. The van der Waals surface area contributed by atoms with E-state index in [0.717, 1.165) is 32.1 Å². The summed E-state index contributed by atoms with van der Waals surface area (Å²) in [7, 11) is 0. The van der Waals surface area contributed by atoms with Crippen LogP contribution in [0.3, 0.4) is 0 Å². The minimum absolute atomic E-state index is 0.0587. The average molecular weight is 253 g/mol. The van der Waals surface area contributed by atoms with Gasteiger partial charge in [-0.3, -0.25) is 4.79 Å². The molecular formula is C13H19NO4. The van der Waals surface area contributed by atoms with Crippen molar-refractivity contribution in [3.63, 3.8) is 0 Å². The van der Waals surface area contributed by atoms with Crippen LogP contribution in [0.25, 0.3) is 0 Å². The van der Waals surface area contributed by atoms with Crippen LogP contribution >= 0.6 is 0 Å². The predicted octanol–water partition coefficient (Wildman–Crippen LogP) is 0.827. The molecule has 100 valence electrons. The summed E-state index contributed by atoms with van der Waals surface area (Å²) in [5, 5.41) is 22.3. The predicted molar refractivity (Wildman–Crippen MR) is 64.8 cm³/mol. The van der Waals surface area contributed by atoms with E-state index in [0.29, 0.717) is 5.57 Å². The van der Waals surface area contributed by atoms with Crippen molar-refractivity contribution in [2.24, 2.45) is 5.92 Å². The topological polar surface area (TPSA) is 86.6 Å². The van der Waals surface area contributed by atoms with Gasteiger partial charge in [-0.05, 0) is 31.3 Å². The number of carboxylic acids is 1. The zero-order valence-electron chi connectivity index (χ0n) is 10.5. The molecule has 0 radical (unpaired) electrons. The first-order valence-corrected chi connectivity index (χ1v) is 6.41. The van der Waals surface area contributed by atoms with E-state index in [-0.39, 0.29) is 5.92 Å². The summed E-state index contributed by atoms with van der Waals surface area (Å²) >= 11 is 0. The third kappa shape index (κ3) is 1.92. The van der Waals surface area contributed by atoms with E-state index >= 15 is 0 Å². The highest BCUT2D eigenvalue weighted by molar-refractivity contribution is 6.01. The van der Waals surface area contributed by atoms with E-state index in [1.54, 1.807) is 6.92 Å². The molecule has 2 rings (SSSR count). The molecule has 2 atom stereocenters. The van der Waals surface area contributed by atoms with Crippen molar-refractivity contribution in [3.8, 4) is 0 Å². The van der Waals surface area contributed by atoms with Crippen LogP contribution in [-0.4, -0.2) is 33.7 Å². The fraction of sp³-hybridized carbons (Fsp3) is 0.692. The van der Waals surface area contributed by atoms with Crippen LogP contribution in [0.15, 0.2) is 11.6 Å². The van der Waals surface area contributed by atoms with Crippen molar-refractivity contribution in [1.29, 1.82) is 0 Å². The number of hydrogen-bond acceptors (Lipinski definition) is 3. The molecule has 0 unspecified atom stereocenters. The molecule has 3 N–H and O–H groups in total. The Morgan fingerprint density at radius 2 is 2.06 bits per heavy atom. The van der Waals surface area contributed by atoms with E-state index in [2.05, 4.69) is 5.32 Å². The van der Waals surface area contributed by atoms with E-state index in [1.807, 2.05) is 0 Å². The molecule has 0 bridgehead atoms. The maximum atomic E-state index is 11.5. The highest BCUT2D eigenvalue weighted by atomic mass is 16.4. The van der Waals surface area contributed by atoms with Crippen LogP contribution < -0.4 is 5.32 Å². The molecule has 18 heavy (non-hydrogen) atoms. The zero-order valence-corrected chi connectivity index (χ0v) is 10.5. The molecule has 1 amide bonds. The van der Waals surface area contributed by atoms with Crippen molar-refractivity contribution in [2.75, 3.05) is 0 Å². The SMILES string of the molecule is CC1=CC(=O)N[C@]1(C(=O)O)[C@@H](O)C1CCCCC1. The molecule has 0 aromatic heterocycles. The average Bonchev–Trinajstić information content (AvgIpc) is 2.65. The lowest BCUT2D eigenvalue weighted by Gasteiger charge is -2.38. The van der Waals surface area contributed by atoms with Gasteiger partial charge in [-0.1, -0.05) is 19.3 Å². The quantitative estimate of drug-likeness (QED) is 0.695. The van der Waals surface area contributed by atoms with Gasteiger partial charge < -0.3 is 15.5 Å². The largest absolute Gasteiger partial charge is 0.479 e. The Labute approximate surface area is 106 Å². The van der Waals surface area contributed by atoms with Gasteiger partial charge in [0.05, 0.1) is 6.10 Å². The minimum Gasteiger partial charge on any atom is -0.479 e. The fourth-order valence-electron chi connectivity index (χ4n) is 3.10. The summed E-state index contributed by atoms with van der Waals surface area (Å²) in [6.07, 6.45) is 4.99. The Morgan fingerprint density at radius 3 is 2.50 bits per heavy atom. The Morgan fingerprint density at radius 1 is 1.44 bits per heavy atom. The van der Waals surface area contributed by atoms with Gasteiger partial charge in [0.2, 0.25) is 5.91 Å². The number of aliphatic hydroxyl groups excluding tert-OH is 1. The van der Waals surface area contributed by atoms with Crippen molar-refractivity contribution in [1.82, 2.24) is 5.32 Å². The third-order valence-electron chi connectivity index (χ3n) is 4.17. The van der Waals surface area contributed by atoms with Crippen LogP contribution in [-0.2, 0) is 9.59 Å². The zero-order chi connectivity index (χ0) is 13.3. The van der Waals surface area contributed by atoms with E-state index < -0.39 is 23.5 Å². The third-order valence-corrected chi connectivity index (χ3v) is 4.17. The monoisotopic (exact) mass is 253 g/mol. The first-order valence-electron chi connectivity index (χ1n) is 6.41. The number of rotatable bonds is 3.